The number of carboxylic acids is 1. The molecule has 1 aromatic carbocycles. The van der Waals surface area contributed by atoms with E-state index in [0.717, 1.165) is 0 Å². The summed E-state index contributed by atoms with van der Waals surface area (Å²) in [6.07, 6.45) is 6.49. The molecular weight excluding hydrogens is 272 g/mol. The Balaban J connectivity index is 2.30. The van der Waals surface area contributed by atoms with Crippen molar-refractivity contribution in [3.05, 3.63) is 59.2 Å². The average molecular weight is 284 g/mol. The maximum absolute atomic E-state index is 11.9. The summed E-state index contributed by atoms with van der Waals surface area (Å²) in [5.41, 5.74) is 3.00. The molecule has 0 bridgehead atoms. The minimum Gasteiger partial charge on any atom is -0.481 e. The molecule has 21 heavy (non-hydrogen) atoms. The summed E-state index contributed by atoms with van der Waals surface area (Å²) >= 11 is 0. The molecule has 0 aromatic heterocycles. The van der Waals surface area contributed by atoms with Gasteiger partial charge in [-0.1, -0.05) is 24.3 Å². The van der Waals surface area contributed by atoms with E-state index >= 15 is 0 Å². The van der Waals surface area contributed by atoms with Gasteiger partial charge in [-0.3, -0.25) is 10.2 Å². The van der Waals surface area contributed by atoms with Gasteiger partial charge in [-0.25, -0.2) is 10.6 Å². The van der Waals surface area contributed by atoms with Gasteiger partial charge >= 0.3 is 5.97 Å². The molecule has 1 amide bonds. The molecule has 6 nitrogen and oxygen atoms in total. The van der Waals surface area contributed by atoms with Crippen LogP contribution in [-0.2, 0) is 4.79 Å². The number of benzene rings is 1. The fourth-order valence-electron chi connectivity index (χ4n) is 2.52. The van der Waals surface area contributed by atoms with Crippen LogP contribution in [-0.4, -0.2) is 23.1 Å². The minimum atomic E-state index is -1.11. The number of nitrogens with one attached hydrogen (secondary N) is 1. The highest BCUT2D eigenvalue weighted by Gasteiger charge is 2.33. The molecule has 1 heterocycles. The Kier molecular flexibility index (Phi) is 3.08. The van der Waals surface area contributed by atoms with Gasteiger partial charge in [0.1, 0.15) is 11.9 Å². The molecule has 3 rings (SSSR count). The molecule has 0 fully saturated rings. The third-order valence-electron chi connectivity index (χ3n) is 3.39. The molecule has 1 aliphatic heterocycles. The van der Waals surface area contributed by atoms with Gasteiger partial charge in [0.05, 0.1) is 11.1 Å². The lowest BCUT2D eigenvalue weighted by molar-refractivity contribution is -0.130. The number of hydrogen-bond acceptors (Lipinski definition) is 4. The van der Waals surface area contributed by atoms with Gasteiger partial charge in [0, 0.05) is 11.1 Å². The van der Waals surface area contributed by atoms with Crippen LogP contribution in [0.5, 0.6) is 5.75 Å². The highest BCUT2D eigenvalue weighted by atomic mass is 16.5. The summed E-state index contributed by atoms with van der Waals surface area (Å²) in [6.45, 7) is 0. The van der Waals surface area contributed by atoms with Gasteiger partial charge in [0.25, 0.3) is 5.91 Å². The van der Waals surface area contributed by atoms with Gasteiger partial charge in [-0.05, 0) is 18.2 Å². The minimum absolute atomic E-state index is 0.0565. The Morgan fingerprint density at radius 3 is 2.81 bits per heavy atom. The van der Waals surface area contributed by atoms with Crippen molar-refractivity contribution < 1.29 is 19.4 Å². The molecule has 1 atom stereocenters. The Morgan fingerprint density at radius 2 is 2.10 bits per heavy atom. The van der Waals surface area contributed by atoms with Crippen molar-refractivity contribution in [2.24, 2.45) is 5.84 Å². The summed E-state index contributed by atoms with van der Waals surface area (Å²) < 4.78 is 5.77. The summed E-state index contributed by atoms with van der Waals surface area (Å²) in [5, 5.41) is 9.57. The predicted octanol–water partition coefficient (Wildman–Crippen LogP) is 1.02. The van der Waals surface area contributed by atoms with Gasteiger partial charge in [0.2, 0.25) is 0 Å². The molecular formula is C15H12N2O4. The molecule has 0 spiro atoms. The topological polar surface area (TPSA) is 102 Å². The van der Waals surface area contributed by atoms with Gasteiger partial charge in [-0.15, -0.1) is 0 Å². The maximum atomic E-state index is 11.9. The lowest BCUT2D eigenvalue weighted by Gasteiger charge is -2.29. The zero-order valence-corrected chi connectivity index (χ0v) is 10.9. The second kappa shape index (κ2) is 4.92. The first kappa shape index (κ1) is 13.1. The van der Waals surface area contributed by atoms with Crippen molar-refractivity contribution in [3.63, 3.8) is 0 Å². The monoisotopic (exact) mass is 284 g/mol. The number of carboxylic acid groups (broad SMARTS) is 1. The van der Waals surface area contributed by atoms with Crippen LogP contribution in [0.3, 0.4) is 0 Å². The second-order valence-electron chi connectivity index (χ2n) is 4.57. The van der Waals surface area contributed by atoms with Gasteiger partial charge < -0.3 is 9.84 Å². The number of nitrogens with two attached hydrogens (primary N) is 1. The second-order valence-corrected chi connectivity index (χ2v) is 4.57. The first-order valence-corrected chi connectivity index (χ1v) is 6.27. The zero-order valence-electron chi connectivity index (χ0n) is 10.9. The summed E-state index contributed by atoms with van der Waals surface area (Å²) in [7, 11) is 0. The molecule has 0 radical (unpaired) electrons. The smallest absolute Gasteiger partial charge is 0.336 e. The number of hydrogen-bond donors (Lipinski definition) is 3. The summed E-state index contributed by atoms with van der Waals surface area (Å²) in [4.78, 5) is 23.6. The normalized spacial score (nSPS) is 18.6. The highest BCUT2D eigenvalue weighted by Crippen LogP contribution is 2.40. The molecule has 6 heteroatoms. The van der Waals surface area contributed by atoms with Crippen LogP contribution in [0.25, 0.3) is 5.57 Å². The summed E-state index contributed by atoms with van der Waals surface area (Å²) in [6, 6.07) is 4.77. The first-order chi connectivity index (χ1) is 10.1. The number of rotatable bonds is 2. The van der Waals surface area contributed by atoms with Crippen molar-refractivity contribution >= 4 is 17.4 Å². The first-order valence-electron chi connectivity index (χ1n) is 6.27. The third kappa shape index (κ3) is 2.02. The number of nitrogen functional groups attached to an aromatic ring is 1. The fourth-order valence-corrected chi connectivity index (χ4v) is 2.52. The van der Waals surface area contributed by atoms with Crippen LogP contribution in [0.2, 0.25) is 0 Å². The van der Waals surface area contributed by atoms with E-state index in [1.807, 2.05) is 5.43 Å². The van der Waals surface area contributed by atoms with Crippen molar-refractivity contribution in [1.29, 1.82) is 0 Å². The highest BCUT2D eigenvalue weighted by molar-refractivity contribution is 6.21. The fraction of sp³-hybridized carbons (Fsp3) is 0.0667. The molecule has 2 aliphatic rings. The zero-order chi connectivity index (χ0) is 15.0. The van der Waals surface area contributed by atoms with Crippen LogP contribution < -0.4 is 16.0 Å². The van der Waals surface area contributed by atoms with Gasteiger partial charge in [0.15, 0.2) is 0 Å². The SMILES string of the molecule is NNC(=O)c1cccc2c1C(C(=O)O)=C1C=CC=CC1O2. The Labute approximate surface area is 120 Å². The Bertz CT molecular complexity index is 731. The number of allylic oxidation sites excluding steroid dienone is 2. The van der Waals surface area contributed by atoms with Crippen LogP contribution in [0, 0.1) is 0 Å². The number of carbonyl (C=O) groups excluding carboxylic acids is 1. The van der Waals surface area contributed by atoms with Crippen molar-refractivity contribution in [3.8, 4) is 5.75 Å². The van der Waals surface area contributed by atoms with E-state index < -0.39 is 18.0 Å². The Hall–Kier alpha value is -2.86. The molecule has 1 unspecified atom stereocenters. The number of aliphatic carboxylic acids is 1. The van der Waals surface area contributed by atoms with Crippen molar-refractivity contribution in [2.45, 2.75) is 6.10 Å². The van der Waals surface area contributed by atoms with Crippen LogP contribution >= 0.6 is 0 Å². The van der Waals surface area contributed by atoms with Gasteiger partial charge in [-0.2, -0.15) is 0 Å². The van der Waals surface area contributed by atoms with Crippen molar-refractivity contribution in [1.82, 2.24) is 5.43 Å². The van der Waals surface area contributed by atoms with Crippen LogP contribution in [0.1, 0.15) is 15.9 Å². The van der Waals surface area contributed by atoms with E-state index in [1.165, 1.54) is 6.07 Å². The molecule has 0 saturated carbocycles. The number of carbonyl (C=O) groups is 2. The van der Waals surface area contributed by atoms with Crippen molar-refractivity contribution in [2.75, 3.05) is 0 Å². The molecule has 0 saturated heterocycles. The molecule has 1 aromatic rings. The molecule has 1 aliphatic carbocycles. The number of hydrazine groups is 1. The van der Waals surface area contributed by atoms with Crippen LogP contribution in [0.4, 0.5) is 0 Å². The lowest BCUT2D eigenvalue weighted by Crippen LogP contribution is -2.33. The van der Waals surface area contributed by atoms with E-state index in [-0.39, 0.29) is 16.7 Å². The number of ether oxygens (including phenoxy) is 1. The predicted molar refractivity (Wildman–Crippen MR) is 75.3 cm³/mol. The van der Waals surface area contributed by atoms with Crippen LogP contribution in [0.15, 0.2) is 48.1 Å². The summed E-state index contributed by atoms with van der Waals surface area (Å²) in [5.74, 6) is 3.83. The standard InChI is InChI=1S/C15H12N2O4/c16-17-14(18)9-5-3-7-11-12(9)13(15(19)20)8-4-1-2-6-10(8)21-11/h1-7,10H,16H2,(H,17,18)(H,19,20). The average Bonchev–Trinajstić information content (AvgIpc) is 2.50. The third-order valence-corrected chi connectivity index (χ3v) is 3.39. The quantitative estimate of drug-likeness (QED) is 0.427. The van der Waals surface area contributed by atoms with E-state index in [4.69, 9.17) is 10.6 Å². The van der Waals surface area contributed by atoms with E-state index in [9.17, 15) is 14.7 Å². The lowest BCUT2D eigenvalue weighted by atomic mass is 9.87. The molecule has 106 valence electrons. The largest absolute Gasteiger partial charge is 0.481 e. The van der Waals surface area contributed by atoms with E-state index in [2.05, 4.69) is 0 Å². The van der Waals surface area contributed by atoms with E-state index in [1.54, 1.807) is 36.4 Å². The number of fused-ring (bicyclic) bond motifs is 2. The molecule has 4 N–H and O–H groups in total. The maximum Gasteiger partial charge on any atom is 0.336 e. The number of amides is 1. The van der Waals surface area contributed by atoms with E-state index in [0.29, 0.717) is 11.3 Å². The Morgan fingerprint density at radius 1 is 1.29 bits per heavy atom.